The van der Waals surface area contributed by atoms with Crippen LogP contribution in [0.1, 0.15) is 32.1 Å². The molecule has 7 nitrogen and oxygen atoms in total. The molecule has 1 saturated carbocycles. The zero-order valence-electron chi connectivity index (χ0n) is 14.2. The number of hydrogen-bond acceptors (Lipinski definition) is 6. The quantitative estimate of drug-likeness (QED) is 0.517. The largest absolute Gasteiger partial charge is 0.515 e. The minimum absolute atomic E-state index is 0.174. The van der Waals surface area contributed by atoms with Crippen LogP contribution in [-0.4, -0.2) is 33.0 Å². The Morgan fingerprint density at radius 1 is 1.12 bits per heavy atom. The highest BCUT2D eigenvalue weighted by Crippen LogP contribution is 2.39. The van der Waals surface area contributed by atoms with Crippen LogP contribution in [0.4, 0.5) is 5.69 Å². The number of nitrogens with zero attached hydrogens (tertiary/aromatic N) is 3. The molecule has 1 unspecified atom stereocenters. The Morgan fingerprint density at radius 3 is 2.46 bits per heavy atom. The van der Waals surface area contributed by atoms with Crippen molar-refractivity contribution in [2.75, 3.05) is 4.90 Å². The molecule has 1 aromatic heterocycles. The van der Waals surface area contributed by atoms with Crippen LogP contribution >= 0.6 is 0 Å². The lowest BCUT2D eigenvalue weighted by Gasteiger charge is -2.33. The monoisotopic (exact) mass is 353 g/mol. The van der Waals surface area contributed by atoms with Gasteiger partial charge in [0.25, 0.3) is 11.7 Å². The second kappa shape index (κ2) is 6.74. The predicted molar refractivity (Wildman–Crippen MR) is 93.3 cm³/mol. The molecule has 26 heavy (non-hydrogen) atoms. The van der Waals surface area contributed by atoms with Gasteiger partial charge in [-0.25, -0.2) is 0 Å². The van der Waals surface area contributed by atoms with Gasteiger partial charge in [-0.15, -0.1) is 10.2 Å². The number of hydrogen-bond donors (Lipinski definition) is 1. The van der Waals surface area contributed by atoms with Crippen LogP contribution < -0.4 is 4.90 Å². The van der Waals surface area contributed by atoms with Gasteiger partial charge in [0.2, 0.25) is 12.3 Å². The fraction of sp³-hybridized carbons (Fsp3) is 0.368. The number of Topliss-reactive ketones (excluding diaryl/α,β-unsaturated/α-hetero) is 1. The summed E-state index contributed by atoms with van der Waals surface area (Å²) < 4.78 is 5.17. The molecule has 134 valence electrons. The van der Waals surface area contributed by atoms with Crippen molar-refractivity contribution in [1.82, 2.24) is 10.2 Å². The van der Waals surface area contributed by atoms with E-state index >= 15 is 0 Å². The summed E-state index contributed by atoms with van der Waals surface area (Å²) in [5.74, 6) is -0.649. The number of aliphatic hydroxyl groups is 1. The summed E-state index contributed by atoms with van der Waals surface area (Å²) in [5, 5.41) is 17.1. The van der Waals surface area contributed by atoms with E-state index in [0.29, 0.717) is 11.6 Å². The predicted octanol–water partition coefficient (Wildman–Crippen LogP) is 3.04. The van der Waals surface area contributed by atoms with E-state index in [9.17, 15) is 14.7 Å². The van der Waals surface area contributed by atoms with Gasteiger partial charge < -0.3 is 9.52 Å². The molecule has 2 aliphatic rings. The maximum absolute atomic E-state index is 12.6. The first-order chi connectivity index (χ1) is 12.7. The van der Waals surface area contributed by atoms with E-state index in [2.05, 4.69) is 10.2 Å². The molecule has 0 radical (unpaired) electrons. The highest BCUT2D eigenvalue weighted by Gasteiger charge is 2.47. The van der Waals surface area contributed by atoms with Gasteiger partial charge in [-0.05, 0) is 43.0 Å². The molecule has 4 rings (SSSR count). The van der Waals surface area contributed by atoms with Crippen LogP contribution in [0.3, 0.4) is 0 Å². The van der Waals surface area contributed by atoms with E-state index in [4.69, 9.17) is 4.42 Å². The van der Waals surface area contributed by atoms with Gasteiger partial charge in [-0.3, -0.25) is 14.5 Å². The third-order valence-electron chi connectivity index (χ3n) is 5.26. The summed E-state index contributed by atoms with van der Waals surface area (Å²) in [6, 6.07) is 6.68. The number of rotatable bonds is 3. The van der Waals surface area contributed by atoms with E-state index in [-0.39, 0.29) is 11.5 Å². The average Bonchev–Trinajstić information content (AvgIpc) is 3.30. The Labute approximate surface area is 150 Å². The van der Waals surface area contributed by atoms with Gasteiger partial charge in [0, 0.05) is 11.3 Å². The minimum Gasteiger partial charge on any atom is -0.515 e. The molecule has 1 atom stereocenters. The number of carbonyl (C=O) groups is 2. The molecular formula is C19H19N3O4. The van der Waals surface area contributed by atoms with E-state index in [1.165, 1.54) is 17.7 Å². The molecule has 1 aromatic carbocycles. The van der Waals surface area contributed by atoms with Gasteiger partial charge in [-0.1, -0.05) is 19.3 Å². The Balaban J connectivity index is 1.70. The summed E-state index contributed by atoms with van der Waals surface area (Å²) in [5.41, 5.74) is 1.55. The van der Waals surface area contributed by atoms with Crippen LogP contribution in [-0.2, 0) is 9.59 Å². The van der Waals surface area contributed by atoms with E-state index in [1.54, 1.807) is 24.3 Å². The smallest absolute Gasteiger partial charge is 0.299 e. The summed E-state index contributed by atoms with van der Waals surface area (Å²) >= 11 is 0. The zero-order valence-corrected chi connectivity index (χ0v) is 14.2. The Morgan fingerprint density at radius 2 is 1.85 bits per heavy atom. The Bertz CT molecular complexity index is 836. The first kappa shape index (κ1) is 16.5. The highest BCUT2D eigenvalue weighted by molar-refractivity contribution is 6.50. The standard InChI is InChI=1S/C19H19N3O4/c23-10-15-16(12-4-2-1-3-5-12)22(19(25)17(15)24)14-8-6-13(7-9-14)18-21-20-11-26-18/h6-12,16,23H,1-5H2/b15-10-. The van der Waals surface area contributed by atoms with Crippen molar-refractivity contribution in [3.63, 3.8) is 0 Å². The van der Waals surface area contributed by atoms with Gasteiger partial charge in [0.05, 0.1) is 17.9 Å². The zero-order chi connectivity index (χ0) is 18.1. The fourth-order valence-electron chi connectivity index (χ4n) is 4.02. The molecule has 0 spiro atoms. The van der Waals surface area contributed by atoms with Crippen LogP contribution in [0.15, 0.2) is 46.9 Å². The Hall–Kier alpha value is -2.96. The number of aliphatic hydroxyl groups excluding tert-OH is 1. The van der Waals surface area contributed by atoms with Crippen LogP contribution in [0, 0.1) is 5.92 Å². The first-order valence-corrected chi connectivity index (χ1v) is 8.79. The number of carbonyl (C=O) groups excluding carboxylic acids is 2. The molecule has 1 aliphatic heterocycles. The van der Waals surface area contributed by atoms with Gasteiger partial charge in [0.1, 0.15) is 0 Å². The second-order valence-electron chi connectivity index (χ2n) is 6.72. The molecule has 2 fully saturated rings. The van der Waals surface area contributed by atoms with Crippen molar-refractivity contribution in [2.24, 2.45) is 5.92 Å². The number of aromatic nitrogens is 2. The molecule has 1 aliphatic carbocycles. The molecular weight excluding hydrogens is 334 g/mol. The lowest BCUT2D eigenvalue weighted by Crippen LogP contribution is -2.40. The van der Waals surface area contributed by atoms with Crippen molar-refractivity contribution < 1.29 is 19.1 Å². The van der Waals surface area contributed by atoms with Crippen molar-refractivity contribution in [1.29, 1.82) is 0 Å². The maximum atomic E-state index is 12.6. The number of ketones is 1. The van der Waals surface area contributed by atoms with E-state index in [0.717, 1.165) is 37.5 Å². The molecule has 1 N–H and O–H groups in total. The average molecular weight is 353 g/mol. The summed E-state index contributed by atoms with van der Waals surface area (Å²) in [6.07, 6.45) is 7.27. The lowest BCUT2D eigenvalue weighted by molar-refractivity contribution is -0.132. The van der Waals surface area contributed by atoms with Gasteiger partial charge in [-0.2, -0.15) is 0 Å². The Kier molecular flexibility index (Phi) is 4.28. The molecule has 1 saturated heterocycles. The highest BCUT2D eigenvalue weighted by atomic mass is 16.4. The normalized spacial score (nSPS) is 23.2. The number of benzene rings is 1. The minimum atomic E-state index is -0.621. The summed E-state index contributed by atoms with van der Waals surface area (Å²) in [6.45, 7) is 0. The maximum Gasteiger partial charge on any atom is 0.299 e. The van der Waals surface area contributed by atoms with Crippen LogP contribution in [0.25, 0.3) is 11.5 Å². The topological polar surface area (TPSA) is 96.5 Å². The molecule has 2 heterocycles. The number of anilines is 1. The molecule has 0 bridgehead atoms. The lowest BCUT2D eigenvalue weighted by atomic mass is 9.81. The van der Waals surface area contributed by atoms with Crippen molar-refractivity contribution in [2.45, 2.75) is 38.1 Å². The van der Waals surface area contributed by atoms with Crippen molar-refractivity contribution in [3.8, 4) is 11.5 Å². The molecule has 7 heteroatoms. The fourth-order valence-corrected chi connectivity index (χ4v) is 4.02. The summed E-state index contributed by atoms with van der Waals surface area (Å²) in [7, 11) is 0. The summed E-state index contributed by atoms with van der Waals surface area (Å²) in [4.78, 5) is 26.5. The third kappa shape index (κ3) is 2.69. The molecule has 1 amide bonds. The van der Waals surface area contributed by atoms with E-state index < -0.39 is 17.7 Å². The van der Waals surface area contributed by atoms with Gasteiger partial charge >= 0.3 is 0 Å². The van der Waals surface area contributed by atoms with E-state index in [1.807, 2.05) is 0 Å². The van der Waals surface area contributed by atoms with Gasteiger partial charge in [0.15, 0.2) is 0 Å². The van der Waals surface area contributed by atoms with Crippen LogP contribution in [0.5, 0.6) is 0 Å². The van der Waals surface area contributed by atoms with Crippen LogP contribution in [0.2, 0.25) is 0 Å². The van der Waals surface area contributed by atoms with Crippen molar-refractivity contribution >= 4 is 17.4 Å². The molecule has 2 aromatic rings. The number of amides is 1. The SMILES string of the molecule is O=C1C(=O)N(c2ccc(-c3nnco3)cc2)C(C2CCCCC2)/C1=C/O. The third-order valence-corrected chi connectivity index (χ3v) is 5.26. The second-order valence-corrected chi connectivity index (χ2v) is 6.72. The first-order valence-electron chi connectivity index (χ1n) is 8.79. The van der Waals surface area contributed by atoms with Crippen molar-refractivity contribution in [3.05, 3.63) is 42.5 Å².